The van der Waals surface area contributed by atoms with Crippen LogP contribution in [0.1, 0.15) is 32.4 Å². The highest BCUT2D eigenvalue weighted by Crippen LogP contribution is 2.31. The average Bonchev–Trinajstić information content (AvgIpc) is 3.18. The summed E-state index contributed by atoms with van der Waals surface area (Å²) in [6.07, 6.45) is 4.86. The molecule has 0 aliphatic heterocycles. The Hall–Kier alpha value is -1.55. The first-order valence-electron chi connectivity index (χ1n) is 8.03. The molecule has 3 rings (SSSR count). The number of hydrogen-bond acceptors (Lipinski definition) is 3. The molecule has 1 saturated carbocycles. The van der Waals surface area contributed by atoms with Gasteiger partial charge in [-0.2, -0.15) is 0 Å². The number of rotatable bonds is 7. The monoisotopic (exact) mass is 286 g/mol. The van der Waals surface area contributed by atoms with Crippen molar-refractivity contribution in [2.45, 2.75) is 33.2 Å². The second-order valence-corrected chi connectivity index (χ2v) is 6.66. The number of anilines is 1. The summed E-state index contributed by atoms with van der Waals surface area (Å²) in [6.45, 7) is 7.50. The van der Waals surface area contributed by atoms with E-state index in [0.29, 0.717) is 5.92 Å². The SMILES string of the molecule is CC(C)CNCc1c(N(C)CC2CC2)nc2ccccn12. The number of pyridine rings is 1. The van der Waals surface area contributed by atoms with Crippen molar-refractivity contribution in [2.24, 2.45) is 11.8 Å². The standard InChI is InChI=1S/C17H26N4/c1-13(2)10-18-11-15-17(20(3)12-14-7-8-14)19-16-6-4-5-9-21(15)16/h4-6,9,13-14,18H,7-8,10-12H2,1-3H3. The molecule has 1 fully saturated rings. The van der Waals surface area contributed by atoms with Crippen molar-refractivity contribution >= 4 is 11.5 Å². The van der Waals surface area contributed by atoms with Gasteiger partial charge in [-0.1, -0.05) is 19.9 Å². The Balaban J connectivity index is 1.85. The van der Waals surface area contributed by atoms with Crippen LogP contribution in [-0.2, 0) is 6.54 Å². The zero-order chi connectivity index (χ0) is 14.8. The molecule has 0 aromatic carbocycles. The van der Waals surface area contributed by atoms with E-state index in [1.807, 2.05) is 0 Å². The number of nitrogens with zero attached hydrogens (tertiary/aromatic N) is 3. The average molecular weight is 286 g/mol. The Labute approximate surface area is 127 Å². The molecule has 0 unspecified atom stereocenters. The molecule has 0 spiro atoms. The van der Waals surface area contributed by atoms with Gasteiger partial charge in [0.25, 0.3) is 0 Å². The van der Waals surface area contributed by atoms with Gasteiger partial charge >= 0.3 is 0 Å². The fraction of sp³-hybridized carbons (Fsp3) is 0.588. The maximum atomic E-state index is 4.84. The van der Waals surface area contributed by atoms with E-state index < -0.39 is 0 Å². The molecule has 4 heteroatoms. The van der Waals surface area contributed by atoms with Crippen LogP contribution in [0.3, 0.4) is 0 Å². The van der Waals surface area contributed by atoms with E-state index in [-0.39, 0.29) is 0 Å². The van der Waals surface area contributed by atoms with Gasteiger partial charge in [-0.15, -0.1) is 0 Å². The van der Waals surface area contributed by atoms with E-state index in [1.54, 1.807) is 0 Å². The lowest BCUT2D eigenvalue weighted by molar-refractivity contribution is 0.546. The fourth-order valence-corrected chi connectivity index (χ4v) is 2.76. The Morgan fingerprint density at radius 2 is 2.19 bits per heavy atom. The molecule has 1 N–H and O–H groups in total. The number of fused-ring (bicyclic) bond motifs is 1. The van der Waals surface area contributed by atoms with Crippen LogP contribution >= 0.6 is 0 Å². The molecule has 2 aromatic heterocycles. The lowest BCUT2D eigenvalue weighted by Gasteiger charge is -2.18. The number of imidazole rings is 1. The molecule has 4 nitrogen and oxygen atoms in total. The van der Waals surface area contributed by atoms with Crippen molar-refractivity contribution in [3.63, 3.8) is 0 Å². The van der Waals surface area contributed by atoms with Crippen molar-refractivity contribution in [2.75, 3.05) is 25.0 Å². The Bertz CT molecular complexity index is 598. The zero-order valence-corrected chi connectivity index (χ0v) is 13.3. The molecule has 114 valence electrons. The third kappa shape index (κ3) is 3.38. The normalized spacial score (nSPS) is 15.0. The van der Waals surface area contributed by atoms with Gasteiger partial charge in [0.1, 0.15) is 5.65 Å². The molecule has 0 amide bonds. The third-order valence-corrected chi connectivity index (χ3v) is 4.04. The van der Waals surface area contributed by atoms with Crippen LogP contribution in [0.25, 0.3) is 5.65 Å². The van der Waals surface area contributed by atoms with E-state index in [4.69, 9.17) is 4.98 Å². The highest BCUT2D eigenvalue weighted by molar-refractivity contribution is 5.55. The van der Waals surface area contributed by atoms with Crippen LogP contribution in [0.4, 0.5) is 5.82 Å². The van der Waals surface area contributed by atoms with Gasteiger partial charge in [0, 0.05) is 26.3 Å². The summed E-state index contributed by atoms with van der Waals surface area (Å²) in [6, 6.07) is 6.21. The van der Waals surface area contributed by atoms with Crippen molar-refractivity contribution in [1.29, 1.82) is 0 Å². The highest BCUT2D eigenvalue weighted by atomic mass is 15.2. The maximum absolute atomic E-state index is 4.84. The van der Waals surface area contributed by atoms with Crippen LogP contribution in [-0.4, -0.2) is 29.5 Å². The summed E-state index contributed by atoms with van der Waals surface area (Å²) in [5.41, 5.74) is 2.31. The summed E-state index contributed by atoms with van der Waals surface area (Å²) in [5.74, 6) is 2.66. The van der Waals surface area contributed by atoms with Crippen molar-refractivity contribution in [1.82, 2.24) is 14.7 Å². The van der Waals surface area contributed by atoms with Gasteiger partial charge in [-0.05, 0) is 43.4 Å². The Morgan fingerprint density at radius 3 is 2.90 bits per heavy atom. The van der Waals surface area contributed by atoms with Gasteiger partial charge in [0.15, 0.2) is 5.82 Å². The molecule has 2 heterocycles. The van der Waals surface area contributed by atoms with E-state index in [9.17, 15) is 0 Å². The van der Waals surface area contributed by atoms with Crippen molar-refractivity contribution in [3.05, 3.63) is 30.1 Å². The number of aromatic nitrogens is 2. The first-order chi connectivity index (χ1) is 10.1. The van der Waals surface area contributed by atoms with E-state index in [1.165, 1.54) is 18.5 Å². The summed E-state index contributed by atoms with van der Waals surface area (Å²) in [5, 5.41) is 3.56. The lowest BCUT2D eigenvalue weighted by Crippen LogP contribution is -2.25. The molecular weight excluding hydrogens is 260 g/mol. The first-order valence-corrected chi connectivity index (χ1v) is 8.03. The van der Waals surface area contributed by atoms with Crippen molar-refractivity contribution in [3.8, 4) is 0 Å². The van der Waals surface area contributed by atoms with Crippen LogP contribution in [0.5, 0.6) is 0 Å². The molecule has 0 bridgehead atoms. The minimum Gasteiger partial charge on any atom is -0.358 e. The smallest absolute Gasteiger partial charge is 0.152 e. The molecule has 0 atom stereocenters. The molecular formula is C17H26N4. The number of nitrogens with one attached hydrogen (secondary N) is 1. The second-order valence-electron chi connectivity index (χ2n) is 6.66. The lowest BCUT2D eigenvalue weighted by atomic mass is 10.2. The summed E-state index contributed by atoms with van der Waals surface area (Å²) in [7, 11) is 2.17. The predicted molar refractivity (Wildman–Crippen MR) is 87.7 cm³/mol. The topological polar surface area (TPSA) is 32.6 Å². The molecule has 0 saturated heterocycles. The van der Waals surface area contributed by atoms with E-state index >= 15 is 0 Å². The van der Waals surface area contributed by atoms with Gasteiger partial charge in [0.05, 0.1) is 5.69 Å². The summed E-state index contributed by atoms with van der Waals surface area (Å²) in [4.78, 5) is 7.17. The number of hydrogen-bond donors (Lipinski definition) is 1. The molecule has 0 radical (unpaired) electrons. The van der Waals surface area contributed by atoms with Crippen LogP contribution in [0, 0.1) is 11.8 Å². The Morgan fingerprint density at radius 1 is 1.38 bits per heavy atom. The van der Waals surface area contributed by atoms with Crippen LogP contribution in [0.15, 0.2) is 24.4 Å². The predicted octanol–water partition coefficient (Wildman–Crippen LogP) is 2.93. The minimum absolute atomic E-state index is 0.664. The molecule has 1 aliphatic carbocycles. The van der Waals surface area contributed by atoms with Gasteiger partial charge in [-0.3, -0.25) is 0 Å². The summed E-state index contributed by atoms with van der Waals surface area (Å²) < 4.78 is 2.21. The molecule has 1 aliphatic rings. The summed E-state index contributed by atoms with van der Waals surface area (Å²) >= 11 is 0. The van der Waals surface area contributed by atoms with Gasteiger partial charge in [0.2, 0.25) is 0 Å². The fourth-order valence-electron chi connectivity index (χ4n) is 2.76. The van der Waals surface area contributed by atoms with Gasteiger partial charge in [-0.25, -0.2) is 4.98 Å². The highest BCUT2D eigenvalue weighted by Gasteiger charge is 2.25. The first kappa shape index (κ1) is 14.4. The molecule has 21 heavy (non-hydrogen) atoms. The van der Waals surface area contributed by atoms with Crippen molar-refractivity contribution < 1.29 is 0 Å². The largest absolute Gasteiger partial charge is 0.358 e. The third-order valence-electron chi connectivity index (χ3n) is 4.04. The second kappa shape index (κ2) is 6.06. The Kier molecular flexibility index (Phi) is 4.15. The van der Waals surface area contributed by atoms with Crippen LogP contribution < -0.4 is 10.2 Å². The minimum atomic E-state index is 0.664. The molecule has 2 aromatic rings. The maximum Gasteiger partial charge on any atom is 0.152 e. The quantitative estimate of drug-likeness (QED) is 0.849. The van der Waals surface area contributed by atoms with Crippen LogP contribution in [0.2, 0.25) is 0 Å². The van der Waals surface area contributed by atoms with E-state index in [0.717, 1.165) is 37.0 Å². The van der Waals surface area contributed by atoms with Gasteiger partial charge < -0.3 is 14.6 Å². The van der Waals surface area contributed by atoms with E-state index in [2.05, 4.69) is 59.9 Å². The zero-order valence-electron chi connectivity index (χ0n) is 13.3.